The number of carbonyl (C=O) groups excluding carboxylic acids is 1. The molecule has 0 spiro atoms. The largest absolute Gasteiger partial charge is 0.462 e. The Bertz CT molecular complexity index is 615. The fraction of sp³-hybridized carbons (Fsp3) is 0.588. The van der Waals surface area contributed by atoms with Crippen LogP contribution in [-0.4, -0.2) is 12.6 Å². The minimum absolute atomic E-state index is 0.214. The molecular formula is C17H23BrO2S2. The molecule has 0 amide bonds. The number of hydrogen-bond acceptors (Lipinski definition) is 4. The summed E-state index contributed by atoms with van der Waals surface area (Å²) in [5, 5.41) is 2.21. The lowest BCUT2D eigenvalue weighted by molar-refractivity contribution is 0.0528. The van der Waals surface area contributed by atoms with Gasteiger partial charge in [-0.1, -0.05) is 39.0 Å². The monoisotopic (exact) mass is 402 g/mol. The molecule has 0 aliphatic carbocycles. The van der Waals surface area contributed by atoms with Gasteiger partial charge < -0.3 is 4.74 Å². The number of thiophene rings is 2. The van der Waals surface area contributed by atoms with Gasteiger partial charge in [-0.2, -0.15) is 0 Å². The lowest BCUT2D eigenvalue weighted by atomic mass is 10.1. The van der Waals surface area contributed by atoms with Crippen molar-refractivity contribution in [3.8, 4) is 0 Å². The molecule has 2 aromatic heterocycles. The second-order valence-corrected chi connectivity index (χ2v) is 8.63. The molecule has 2 nitrogen and oxygen atoms in total. The maximum Gasteiger partial charge on any atom is 0.341 e. The molecule has 0 saturated heterocycles. The number of hydrogen-bond donors (Lipinski definition) is 0. The van der Waals surface area contributed by atoms with Crippen LogP contribution in [0.15, 0.2) is 9.17 Å². The first-order valence-corrected chi connectivity index (χ1v) is 10.5. The maximum absolute atomic E-state index is 12.1. The minimum atomic E-state index is -0.214. The van der Waals surface area contributed by atoms with E-state index >= 15 is 0 Å². The molecule has 0 unspecified atom stereocenters. The number of unbranched alkanes of at least 4 members (excludes halogenated alkanes) is 5. The lowest BCUT2D eigenvalue weighted by Crippen LogP contribution is -2.03. The average molecular weight is 403 g/mol. The fourth-order valence-electron chi connectivity index (χ4n) is 2.54. The fourth-order valence-corrected chi connectivity index (χ4v) is 5.92. The maximum atomic E-state index is 12.1. The third-order valence-electron chi connectivity index (χ3n) is 3.71. The molecule has 0 aromatic carbocycles. The summed E-state index contributed by atoms with van der Waals surface area (Å²) in [5.41, 5.74) is 2.10. The van der Waals surface area contributed by atoms with Crippen LogP contribution in [0.1, 0.15) is 68.3 Å². The van der Waals surface area contributed by atoms with Crippen LogP contribution < -0.4 is 0 Å². The zero-order valence-electron chi connectivity index (χ0n) is 13.2. The highest BCUT2D eigenvalue weighted by Gasteiger charge is 2.21. The summed E-state index contributed by atoms with van der Waals surface area (Å²) in [6.45, 7) is 4.50. The van der Waals surface area contributed by atoms with Gasteiger partial charge in [-0.3, -0.25) is 0 Å². The van der Waals surface area contributed by atoms with E-state index in [0.717, 1.165) is 14.9 Å². The molecule has 0 bridgehead atoms. The minimum Gasteiger partial charge on any atom is -0.462 e. The van der Waals surface area contributed by atoms with Crippen molar-refractivity contribution in [2.75, 3.05) is 6.61 Å². The molecular weight excluding hydrogens is 380 g/mol. The molecule has 2 heterocycles. The van der Waals surface area contributed by atoms with Gasteiger partial charge in [0.25, 0.3) is 0 Å². The number of esters is 1. The summed E-state index contributed by atoms with van der Waals surface area (Å²) in [7, 11) is 0. The van der Waals surface area contributed by atoms with Crippen molar-refractivity contribution in [2.24, 2.45) is 0 Å². The zero-order chi connectivity index (χ0) is 15.9. The lowest BCUT2D eigenvalue weighted by Gasteiger charge is -1.99. The average Bonchev–Trinajstić information content (AvgIpc) is 3.01. The zero-order valence-corrected chi connectivity index (χ0v) is 16.5. The third kappa shape index (κ3) is 4.33. The van der Waals surface area contributed by atoms with Crippen LogP contribution in [0, 0.1) is 0 Å². The number of carbonyl (C=O) groups is 1. The quantitative estimate of drug-likeness (QED) is 0.340. The van der Waals surface area contributed by atoms with Gasteiger partial charge in [0.15, 0.2) is 0 Å². The number of fused-ring (bicyclic) bond motifs is 1. The molecule has 0 aliphatic rings. The van der Waals surface area contributed by atoms with Gasteiger partial charge in [0.2, 0.25) is 0 Å². The topological polar surface area (TPSA) is 26.3 Å². The van der Waals surface area contributed by atoms with Gasteiger partial charge in [0.1, 0.15) is 5.56 Å². The highest BCUT2D eigenvalue weighted by atomic mass is 79.9. The van der Waals surface area contributed by atoms with E-state index in [1.54, 1.807) is 22.7 Å². The molecule has 2 aromatic rings. The van der Waals surface area contributed by atoms with Crippen LogP contribution in [-0.2, 0) is 11.2 Å². The van der Waals surface area contributed by atoms with Crippen LogP contribution in [0.25, 0.3) is 9.40 Å². The van der Waals surface area contributed by atoms with E-state index in [-0.39, 0.29) is 5.97 Å². The summed E-state index contributed by atoms with van der Waals surface area (Å²) in [6.07, 6.45) is 8.99. The molecule has 22 heavy (non-hydrogen) atoms. The van der Waals surface area contributed by atoms with Crippen LogP contribution in [0.4, 0.5) is 0 Å². The highest BCUT2D eigenvalue weighted by molar-refractivity contribution is 9.11. The first-order valence-electron chi connectivity index (χ1n) is 8.04. The first-order chi connectivity index (χ1) is 10.7. The molecule has 0 atom stereocenters. The second kappa shape index (κ2) is 9.04. The Morgan fingerprint density at radius 1 is 1.14 bits per heavy atom. The van der Waals surface area contributed by atoms with Gasteiger partial charge in [-0.15, -0.1) is 22.7 Å². The van der Waals surface area contributed by atoms with Crippen molar-refractivity contribution in [2.45, 2.75) is 58.8 Å². The Kier molecular flexibility index (Phi) is 7.38. The van der Waals surface area contributed by atoms with E-state index in [2.05, 4.69) is 28.2 Å². The predicted molar refractivity (Wildman–Crippen MR) is 100 cm³/mol. The van der Waals surface area contributed by atoms with Crippen molar-refractivity contribution in [3.63, 3.8) is 0 Å². The van der Waals surface area contributed by atoms with E-state index in [1.807, 2.05) is 6.92 Å². The van der Waals surface area contributed by atoms with Gasteiger partial charge in [-0.05, 0) is 46.6 Å². The Morgan fingerprint density at radius 2 is 1.86 bits per heavy atom. The van der Waals surface area contributed by atoms with E-state index in [9.17, 15) is 4.79 Å². The first kappa shape index (κ1) is 18.0. The summed E-state index contributed by atoms with van der Waals surface area (Å²) < 4.78 is 8.40. The number of aryl methyl sites for hydroxylation is 1. The molecule has 0 fully saturated rings. The van der Waals surface area contributed by atoms with E-state index in [0.29, 0.717) is 12.2 Å². The normalized spacial score (nSPS) is 11.2. The van der Waals surface area contributed by atoms with Gasteiger partial charge in [0.05, 0.1) is 19.8 Å². The summed E-state index contributed by atoms with van der Waals surface area (Å²) in [5.74, 6) is -0.214. The number of ether oxygens (including phenoxy) is 1. The van der Waals surface area contributed by atoms with Crippen molar-refractivity contribution >= 4 is 54.0 Å². The van der Waals surface area contributed by atoms with Crippen molar-refractivity contribution in [3.05, 3.63) is 20.3 Å². The van der Waals surface area contributed by atoms with E-state index in [4.69, 9.17) is 4.74 Å². The molecule has 2 rings (SSSR count). The molecule has 0 N–H and O–H groups in total. The van der Waals surface area contributed by atoms with Crippen LogP contribution in [0.2, 0.25) is 0 Å². The molecule has 5 heteroatoms. The molecule has 0 aliphatic heterocycles. The Hall–Kier alpha value is -0.390. The molecule has 0 radical (unpaired) electrons. The highest BCUT2D eigenvalue weighted by Crippen LogP contribution is 2.42. The van der Waals surface area contributed by atoms with Crippen molar-refractivity contribution in [1.29, 1.82) is 0 Å². The number of halogens is 1. The van der Waals surface area contributed by atoms with E-state index in [1.165, 1.54) is 48.8 Å². The second-order valence-electron chi connectivity index (χ2n) is 5.41. The summed E-state index contributed by atoms with van der Waals surface area (Å²) in [4.78, 5) is 12.1. The van der Waals surface area contributed by atoms with Crippen LogP contribution >= 0.6 is 38.6 Å². The van der Waals surface area contributed by atoms with Gasteiger partial charge >= 0.3 is 5.97 Å². The molecule has 0 saturated carbocycles. The van der Waals surface area contributed by atoms with Crippen LogP contribution in [0.3, 0.4) is 0 Å². The Morgan fingerprint density at radius 3 is 2.59 bits per heavy atom. The summed E-state index contributed by atoms with van der Waals surface area (Å²) >= 11 is 6.86. The Labute approximate surface area is 149 Å². The molecule has 122 valence electrons. The smallest absolute Gasteiger partial charge is 0.341 e. The van der Waals surface area contributed by atoms with Crippen LogP contribution in [0.5, 0.6) is 0 Å². The number of rotatable bonds is 9. The van der Waals surface area contributed by atoms with Gasteiger partial charge in [-0.25, -0.2) is 4.79 Å². The third-order valence-corrected chi connectivity index (χ3v) is 6.82. The predicted octanol–water partition coefficient (Wildman–Crippen LogP) is 6.81. The van der Waals surface area contributed by atoms with Crippen molar-refractivity contribution < 1.29 is 9.53 Å². The summed E-state index contributed by atoms with van der Waals surface area (Å²) in [6, 6.07) is 0. The SMILES string of the molecule is CCCCCCCCc1csc2c(C(=O)OCC)c(Br)sc12. The Balaban J connectivity index is 2.01. The van der Waals surface area contributed by atoms with Gasteiger partial charge in [0, 0.05) is 0 Å². The van der Waals surface area contributed by atoms with Crippen molar-refractivity contribution in [1.82, 2.24) is 0 Å². The standard InChI is InChI=1S/C17H23BrO2S2/c1-3-5-6-7-8-9-10-12-11-21-15-13(17(19)20-4-2)16(18)22-14(12)15/h11H,3-10H2,1-2H3. The van der Waals surface area contributed by atoms with E-state index < -0.39 is 0 Å².